The summed E-state index contributed by atoms with van der Waals surface area (Å²) >= 11 is 5.69. The first-order valence-corrected chi connectivity index (χ1v) is 27.4. The van der Waals surface area contributed by atoms with E-state index in [1.165, 1.54) is 6.07 Å². The number of carbonyl (C=O) groups is 1. The highest BCUT2D eigenvalue weighted by molar-refractivity contribution is 7.89. The van der Waals surface area contributed by atoms with Crippen LogP contribution in [0.2, 0.25) is 0 Å². The molecule has 370 valence electrons. The lowest BCUT2D eigenvalue weighted by molar-refractivity contribution is -0.482. The van der Waals surface area contributed by atoms with Gasteiger partial charge in [0.05, 0.1) is 62.5 Å². The van der Waals surface area contributed by atoms with Crippen LogP contribution in [-0.2, 0) is 55.8 Å². The molecule has 0 spiro atoms. The van der Waals surface area contributed by atoms with Crippen molar-refractivity contribution in [2.24, 2.45) is 11.3 Å². The fraction of sp³-hybridized carbons (Fsp3) is 0.600. The van der Waals surface area contributed by atoms with Gasteiger partial charge in [0.2, 0.25) is 5.91 Å². The van der Waals surface area contributed by atoms with E-state index >= 15 is 0 Å². The first kappa shape index (κ1) is 52.9. The highest BCUT2D eigenvalue weighted by Crippen LogP contribution is 2.53. The zero-order valence-electron chi connectivity index (χ0n) is 39.5. The van der Waals surface area contributed by atoms with Gasteiger partial charge in [-0.15, -0.1) is 11.6 Å². The quantitative estimate of drug-likeness (QED) is 0.0232. The fourth-order valence-electron chi connectivity index (χ4n) is 10.2. The summed E-state index contributed by atoms with van der Waals surface area (Å²) in [4.78, 5) is 14.7. The molecule has 0 fully saturated rings. The SMILES string of the molecule is CC1(CCCCCC(=O)NCCOCCOCCOCCOCCCCCCCl)C(C=CC=CC=C2[N+]3=C4C(=CC=C(S(=O)(=O)O)C4C2(C)C)CCC3)=CN2CCc3ccc(S(=O)(=O)O)c1c32. The van der Waals surface area contributed by atoms with Gasteiger partial charge in [-0.25, -0.2) is 0 Å². The normalized spacial score (nSPS) is 21.6. The predicted molar refractivity (Wildman–Crippen MR) is 262 cm³/mol. The number of benzene rings is 1. The smallest absolute Gasteiger partial charge is 0.294 e. The maximum atomic E-state index is 12.9. The summed E-state index contributed by atoms with van der Waals surface area (Å²) in [6.45, 7) is 11.9. The number of rotatable bonds is 29. The summed E-state index contributed by atoms with van der Waals surface area (Å²) in [5.41, 5.74) is 5.00. The Labute approximate surface area is 403 Å². The van der Waals surface area contributed by atoms with E-state index in [4.69, 9.17) is 30.5 Å². The molecule has 67 heavy (non-hydrogen) atoms. The van der Waals surface area contributed by atoms with Crippen LogP contribution in [0, 0.1) is 11.3 Å². The van der Waals surface area contributed by atoms with Crippen LogP contribution in [0.15, 0.2) is 87.5 Å². The van der Waals surface area contributed by atoms with Crippen molar-refractivity contribution in [2.75, 3.05) is 83.3 Å². The van der Waals surface area contributed by atoms with Gasteiger partial charge in [-0.05, 0) is 75.7 Å². The third-order valence-electron chi connectivity index (χ3n) is 13.5. The Morgan fingerprint density at radius 3 is 2.22 bits per heavy atom. The van der Waals surface area contributed by atoms with Crippen LogP contribution in [0.25, 0.3) is 0 Å². The molecule has 5 aliphatic rings. The van der Waals surface area contributed by atoms with E-state index in [1.54, 1.807) is 12.1 Å². The van der Waals surface area contributed by atoms with Gasteiger partial charge in [0.15, 0.2) is 11.4 Å². The topological polar surface area (TPSA) is 181 Å². The summed E-state index contributed by atoms with van der Waals surface area (Å²) < 4.78 is 96.0. The van der Waals surface area contributed by atoms with Crippen LogP contribution in [-0.4, -0.2) is 121 Å². The van der Waals surface area contributed by atoms with Crippen molar-refractivity contribution in [3.63, 3.8) is 0 Å². The van der Waals surface area contributed by atoms with Crippen LogP contribution in [0.5, 0.6) is 0 Å². The molecule has 1 amide bonds. The fourth-order valence-corrected chi connectivity index (χ4v) is 12.1. The lowest BCUT2D eigenvalue weighted by Gasteiger charge is -2.41. The van der Waals surface area contributed by atoms with Gasteiger partial charge >= 0.3 is 0 Å². The number of hydrogen-bond acceptors (Lipinski definition) is 10. The standard InChI is InChI=1S/C50H70ClN3O11S2/c1-49(2)43(54-27-14-15-38-19-21-41(66(56,57)58)45(49)48(38)54)17-9-6-8-16-40-37-53-28-23-39-20-22-42(67(59,60)61)46(47(39)53)50(40,3)24-11-7-10-18-44(55)52-26-30-63-32-34-65-36-35-64-33-31-62-29-13-5-4-12-25-51/h6,8-9,16-17,19-22,37,45H,4-5,7,10-15,18,23-36H2,1-3H3,(H2-,52,55,56,57,58,59,60,61)/p+1. The number of hydrogen-bond donors (Lipinski definition) is 3. The number of nitrogens with zero attached hydrogens (tertiary/aromatic N) is 2. The van der Waals surface area contributed by atoms with Gasteiger partial charge in [-0.2, -0.15) is 21.4 Å². The summed E-state index contributed by atoms with van der Waals surface area (Å²) in [6, 6.07) is 3.32. The zero-order chi connectivity index (χ0) is 48.1. The van der Waals surface area contributed by atoms with E-state index in [2.05, 4.69) is 21.0 Å². The maximum absolute atomic E-state index is 12.9. The Kier molecular flexibility index (Phi) is 19.3. The van der Waals surface area contributed by atoms with Gasteiger partial charge in [0.25, 0.3) is 20.2 Å². The lowest BCUT2D eigenvalue weighted by Crippen LogP contribution is -2.34. The third-order valence-corrected chi connectivity index (χ3v) is 15.6. The molecular formula is C50H71ClN3O11S2+. The van der Waals surface area contributed by atoms with Gasteiger partial charge in [0.1, 0.15) is 11.4 Å². The minimum atomic E-state index is -4.55. The lowest BCUT2D eigenvalue weighted by atomic mass is 9.69. The number of unbranched alkanes of at least 4 members (excludes halogenated alkanes) is 5. The third kappa shape index (κ3) is 13.5. The molecule has 2 atom stereocenters. The summed E-state index contributed by atoms with van der Waals surface area (Å²) in [5.74, 6) is 0.171. The van der Waals surface area contributed by atoms with Crippen LogP contribution < -0.4 is 10.2 Å². The van der Waals surface area contributed by atoms with Gasteiger partial charge < -0.3 is 29.2 Å². The largest absolute Gasteiger partial charge is 0.379 e. The molecule has 1 aromatic rings. The summed E-state index contributed by atoms with van der Waals surface area (Å²) in [7, 11) is -8.96. The molecular weight excluding hydrogens is 918 g/mol. The molecule has 0 saturated heterocycles. The second-order valence-electron chi connectivity index (χ2n) is 18.6. The van der Waals surface area contributed by atoms with Crippen LogP contribution in [0.3, 0.4) is 0 Å². The van der Waals surface area contributed by atoms with Crippen LogP contribution in [0.4, 0.5) is 5.69 Å². The molecule has 17 heteroatoms. The van der Waals surface area contributed by atoms with Crippen molar-refractivity contribution in [3.8, 4) is 0 Å². The minimum Gasteiger partial charge on any atom is -0.379 e. The number of anilines is 1. The Bertz CT molecular complexity index is 2370. The Morgan fingerprint density at radius 2 is 1.52 bits per heavy atom. The number of ether oxygens (including phenoxy) is 4. The Morgan fingerprint density at radius 1 is 0.836 bits per heavy atom. The molecule has 4 aliphatic heterocycles. The monoisotopic (exact) mass is 988 g/mol. The average Bonchev–Trinajstić information content (AvgIpc) is 3.79. The predicted octanol–water partition coefficient (Wildman–Crippen LogP) is 7.99. The van der Waals surface area contributed by atoms with Crippen LogP contribution >= 0.6 is 11.6 Å². The summed E-state index contributed by atoms with van der Waals surface area (Å²) in [6.07, 6.45) is 25.2. The van der Waals surface area contributed by atoms with Crippen molar-refractivity contribution in [3.05, 3.63) is 93.7 Å². The molecule has 1 aliphatic carbocycles. The van der Waals surface area contributed by atoms with E-state index in [0.29, 0.717) is 96.5 Å². The first-order valence-electron chi connectivity index (χ1n) is 23.9. The van der Waals surface area contributed by atoms with E-state index < -0.39 is 37.0 Å². The molecule has 4 heterocycles. The molecule has 14 nitrogen and oxygen atoms in total. The van der Waals surface area contributed by atoms with E-state index in [1.807, 2.05) is 57.2 Å². The van der Waals surface area contributed by atoms with Crippen molar-refractivity contribution >= 4 is 49.1 Å². The molecule has 3 N–H and O–H groups in total. The molecule has 2 unspecified atom stereocenters. The summed E-state index contributed by atoms with van der Waals surface area (Å²) in [5, 5.41) is 2.92. The van der Waals surface area contributed by atoms with Crippen molar-refractivity contribution < 1.29 is 54.3 Å². The van der Waals surface area contributed by atoms with Gasteiger partial charge in [-0.1, -0.05) is 69.1 Å². The Balaban J connectivity index is 0.982. The average molecular weight is 990 g/mol. The van der Waals surface area contributed by atoms with E-state index in [9.17, 15) is 30.7 Å². The van der Waals surface area contributed by atoms with Crippen molar-refractivity contribution in [1.29, 1.82) is 0 Å². The maximum Gasteiger partial charge on any atom is 0.294 e. The zero-order valence-corrected chi connectivity index (χ0v) is 41.9. The molecule has 1 aromatic carbocycles. The van der Waals surface area contributed by atoms with Gasteiger partial charge in [0, 0.05) is 72.9 Å². The number of halogens is 1. The van der Waals surface area contributed by atoms with E-state index in [-0.39, 0.29) is 15.7 Å². The highest BCUT2D eigenvalue weighted by atomic mass is 35.5. The molecule has 0 aromatic heterocycles. The van der Waals surface area contributed by atoms with Gasteiger partial charge in [-0.3, -0.25) is 13.9 Å². The number of carbonyl (C=O) groups excluding carboxylic acids is 1. The molecule has 0 bridgehead atoms. The van der Waals surface area contributed by atoms with Crippen molar-refractivity contribution in [2.45, 2.75) is 108 Å². The highest BCUT2D eigenvalue weighted by Gasteiger charge is 2.58. The second-order valence-corrected chi connectivity index (χ2v) is 21.8. The molecule has 0 radical (unpaired) electrons. The number of amides is 1. The van der Waals surface area contributed by atoms with E-state index in [0.717, 1.165) is 98.3 Å². The number of alkyl halides is 1. The van der Waals surface area contributed by atoms with Crippen molar-refractivity contribution in [1.82, 2.24) is 5.32 Å². The van der Waals surface area contributed by atoms with Crippen LogP contribution in [0.1, 0.15) is 103 Å². The number of allylic oxidation sites excluding steroid dienone is 11. The molecule has 6 rings (SSSR count). The Hall–Kier alpha value is -3.45. The molecule has 0 saturated carbocycles. The first-order chi connectivity index (χ1) is 32.1. The second kappa shape index (κ2) is 24.4. The minimum absolute atomic E-state index is 0.0204. The number of nitrogens with one attached hydrogen (secondary N) is 1.